The number of nitrogens with one attached hydrogen (secondary N) is 1. The number of para-hydroxylation sites is 1. The SMILES string of the molecule is C(=C\c1nn[nH]n1)/c1cccc(OCc2cccc(SCc3ccc4ccccc4n3)c2)c1. The van der Waals surface area contributed by atoms with Gasteiger partial charge in [0.05, 0.1) is 11.2 Å². The highest BCUT2D eigenvalue weighted by Gasteiger charge is 2.03. The molecular formula is C26H21N5OS. The van der Waals surface area contributed by atoms with Crippen molar-refractivity contribution in [3.63, 3.8) is 0 Å². The third kappa shape index (κ3) is 5.64. The van der Waals surface area contributed by atoms with Gasteiger partial charge < -0.3 is 4.74 Å². The first-order valence-corrected chi connectivity index (χ1v) is 11.5. The largest absolute Gasteiger partial charge is 0.489 e. The molecule has 0 bridgehead atoms. The van der Waals surface area contributed by atoms with E-state index in [1.807, 2.05) is 42.5 Å². The smallest absolute Gasteiger partial charge is 0.197 e. The van der Waals surface area contributed by atoms with E-state index >= 15 is 0 Å². The molecule has 3 aromatic carbocycles. The topological polar surface area (TPSA) is 76.6 Å². The summed E-state index contributed by atoms with van der Waals surface area (Å²) in [6.07, 6.45) is 3.73. The van der Waals surface area contributed by atoms with Crippen molar-refractivity contribution in [1.82, 2.24) is 25.6 Å². The monoisotopic (exact) mass is 451 g/mol. The first-order valence-electron chi connectivity index (χ1n) is 10.5. The van der Waals surface area contributed by atoms with Crippen LogP contribution < -0.4 is 4.74 Å². The van der Waals surface area contributed by atoms with Crippen molar-refractivity contribution in [3.05, 3.63) is 108 Å². The first-order chi connectivity index (χ1) is 16.3. The zero-order chi connectivity index (χ0) is 22.3. The molecule has 0 saturated heterocycles. The highest BCUT2D eigenvalue weighted by Crippen LogP contribution is 2.25. The van der Waals surface area contributed by atoms with Crippen molar-refractivity contribution in [2.24, 2.45) is 0 Å². The van der Waals surface area contributed by atoms with E-state index in [1.165, 1.54) is 10.3 Å². The summed E-state index contributed by atoms with van der Waals surface area (Å²) in [5.74, 6) is 2.17. The summed E-state index contributed by atoms with van der Waals surface area (Å²) in [6, 6.07) is 28.8. The maximum absolute atomic E-state index is 6.03. The van der Waals surface area contributed by atoms with Gasteiger partial charge in [0.25, 0.3) is 0 Å². The van der Waals surface area contributed by atoms with Gasteiger partial charge in [-0.05, 0) is 58.8 Å². The highest BCUT2D eigenvalue weighted by atomic mass is 32.2. The quantitative estimate of drug-likeness (QED) is 0.301. The lowest BCUT2D eigenvalue weighted by Crippen LogP contribution is -1.96. The van der Waals surface area contributed by atoms with Gasteiger partial charge in [0, 0.05) is 16.0 Å². The van der Waals surface area contributed by atoms with Crippen molar-refractivity contribution < 1.29 is 4.74 Å². The molecule has 0 unspecified atom stereocenters. The number of thioether (sulfide) groups is 1. The van der Waals surface area contributed by atoms with Gasteiger partial charge in [0.15, 0.2) is 5.82 Å². The van der Waals surface area contributed by atoms with Crippen LogP contribution in [0.15, 0.2) is 89.8 Å². The Hall–Kier alpha value is -3.97. The van der Waals surface area contributed by atoms with E-state index in [-0.39, 0.29) is 0 Å². The lowest BCUT2D eigenvalue weighted by Gasteiger charge is -2.09. The molecule has 0 aliphatic heterocycles. The molecule has 0 amide bonds. The molecule has 7 heteroatoms. The van der Waals surface area contributed by atoms with E-state index in [9.17, 15) is 0 Å². The summed E-state index contributed by atoms with van der Waals surface area (Å²) in [5, 5.41) is 15.0. The zero-order valence-corrected chi connectivity index (χ0v) is 18.6. The average molecular weight is 452 g/mol. The third-order valence-corrected chi connectivity index (χ3v) is 6.02. The van der Waals surface area contributed by atoms with Gasteiger partial charge in [-0.3, -0.25) is 4.98 Å². The molecule has 0 radical (unpaired) electrons. The number of tetrazole rings is 1. The maximum atomic E-state index is 6.03. The fourth-order valence-corrected chi connectivity index (χ4v) is 4.24. The second-order valence-corrected chi connectivity index (χ2v) is 8.44. The molecule has 5 rings (SSSR count). The number of hydrogen-bond acceptors (Lipinski definition) is 6. The van der Waals surface area contributed by atoms with Crippen LogP contribution in [-0.2, 0) is 12.4 Å². The lowest BCUT2D eigenvalue weighted by molar-refractivity contribution is 0.306. The van der Waals surface area contributed by atoms with Crippen molar-refractivity contribution >= 4 is 34.8 Å². The lowest BCUT2D eigenvalue weighted by atomic mass is 10.2. The third-order valence-electron chi connectivity index (χ3n) is 4.99. The van der Waals surface area contributed by atoms with Crippen molar-refractivity contribution in [2.75, 3.05) is 0 Å². The number of aromatic nitrogens is 5. The van der Waals surface area contributed by atoms with Gasteiger partial charge in [0.1, 0.15) is 12.4 Å². The van der Waals surface area contributed by atoms with Gasteiger partial charge in [-0.1, -0.05) is 54.6 Å². The number of aromatic amines is 1. The van der Waals surface area contributed by atoms with Crippen LogP contribution in [0.3, 0.4) is 0 Å². The summed E-state index contributed by atoms with van der Waals surface area (Å²) >= 11 is 1.78. The normalized spacial score (nSPS) is 11.3. The summed E-state index contributed by atoms with van der Waals surface area (Å²) in [7, 11) is 0. The predicted molar refractivity (Wildman–Crippen MR) is 132 cm³/mol. The minimum atomic E-state index is 0.501. The van der Waals surface area contributed by atoms with E-state index in [0.717, 1.165) is 33.8 Å². The summed E-state index contributed by atoms with van der Waals surface area (Å²) < 4.78 is 6.03. The van der Waals surface area contributed by atoms with E-state index in [4.69, 9.17) is 9.72 Å². The number of benzene rings is 3. The van der Waals surface area contributed by atoms with Gasteiger partial charge in [-0.2, -0.15) is 5.21 Å². The van der Waals surface area contributed by atoms with Crippen molar-refractivity contribution in [3.8, 4) is 5.75 Å². The Balaban J connectivity index is 1.19. The Morgan fingerprint density at radius 2 is 1.82 bits per heavy atom. The van der Waals surface area contributed by atoms with Crippen LogP contribution in [-0.4, -0.2) is 25.6 Å². The second-order valence-electron chi connectivity index (χ2n) is 7.40. The molecule has 33 heavy (non-hydrogen) atoms. The molecule has 0 spiro atoms. The van der Waals surface area contributed by atoms with E-state index in [1.54, 1.807) is 17.8 Å². The molecule has 0 atom stereocenters. The number of fused-ring (bicyclic) bond motifs is 1. The first kappa shape index (κ1) is 20.9. The van der Waals surface area contributed by atoms with Gasteiger partial charge in [0.2, 0.25) is 0 Å². The van der Waals surface area contributed by atoms with Crippen LogP contribution in [0, 0.1) is 0 Å². The Labute approximate surface area is 195 Å². The fraction of sp³-hybridized carbons (Fsp3) is 0.0769. The Morgan fingerprint density at radius 3 is 2.76 bits per heavy atom. The molecule has 2 heterocycles. The maximum Gasteiger partial charge on any atom is 0.197 e. The molecule has 0 fully saturated rings. The highest BCUT2D eigenvalue weighted by molar-refractivity contribution is 7.98. The Morgan fingerprint density at radius 1 is 0.879 bits per heavy atom. The summed E-state index contributed by atoms with van der Waals surface area (Å²) in [5.41, 5.74) is 4.24. The number of H-pyrrole nitrogens is 1. The molecule has 0 aliphatic rings. The van der Waals surface area contributed by atoms with Gasteiger partial charge in [-0.25, -0.2) is 0 Å². The van der Waals surface area contributed by atoms with E-state index in [2.05, 4.69) is 69.2 Å². The minimum Gasteiger partial charge on any atom is -0.489 e. The van der Waals surface area contributed by atoms with Crippen molar-refractivity contribution in [2.45, 2.75) is 17.3 Å². The number of pyridine rings is 1. The van der Waals surface area contributed by atoms with Crippen LogP contribution in [0.25, 0.3) is 23.1 Å². The molecule has 0 saturated carbocycles. The van der Waals surface area contributed by atoms with Crippen LogP contribution in [0.4, 0.5) is 0 Å². The summed E-state index contributed by atoms with van der Waals surface area (Å²) in [4.78, 5) is 5.96. The number of hydrogen-bond donors (Lipinski definition) is 1. The van der Waals surface area contributed by atoms with E-state index < -0.39 is 0 Å². The average Bonchev–Trinajstić information content (AvgIpc) is 3.39. The summed E-state index contributed by atoms with van der Waals surface area (Å²) in [6.45, 7) is 0.501. The molecule has 0 aliphatic carbocycles. The standard InChI is InChI=1S/C26H21N5OS/c1-2-10-25-21(7-1)12-13-22(27-25)18-33-24-9-4-6-20(16-24)17-32-23-8-3-5-19(15-23)11-14-26-28-30-31-29-26/h1-16H,17-18H2,(H,28,29,30,31)/b14-11+. The fourth-order valence-electron chi connectivity index (χ4n) is 3.36. The van der Waals surface area contributed by atoms with Crippen LogP contribution >= 0.6 is 11.8 Å². The molecule has 5 aromatic rings. The zero-order valence-electron chi connectivity index (χ0n) is 17.8. The predicted octanol–water partition coefficient (Wildman–Crippen LogP) is 5.79. The number of rotatable bonds is 8. The molecular weight excluding hydrogens is 430 g/mol. The number of nitrogens with zero attached hydrogens (tertiary/aromatic N) is 4. The molecule has 6 nitrogen and oxygen atoms in total. The second kappa shape index (κ2) is 10.1. The van der Waals surface area contributed by atoms with Gasteiger partial charge >= 0.3 is 0 Å². The van der Waals surface area contributed by atoms with Crippen LogP contribution in [0.5, 0.6) is 5.75 Å². The Bertz CT molecular complexity index is 1380. The molecule has 162 valence electrons. The number of ether oxygens (including phenoxy) is 1. The molecule has 2 aromatic heterocycles. The molecule has 1 N–H and O–H groups in total. The minimum absolute atomic E-state index is 0.501. The Kier molecular flexibility index (Phi) is 6.40. The van der Waals surface area contributed by atoms with E-state index in [0.29, 0.717) is 12.4 Å². The van der Waals surface area contributed by atoms with Gasteiger partial charge in [-0.15, -0.1) is 22.0 Å². The van der Waals surface area contributed by atoms with Crippen molar-refractivity contribution in [1.29, 1.82) is 0 Å². The van der Waals surface area contributed by atoms with Crippen LogP contribution in [0.1, 0.15) is 22.6 Å². The van der Waals surface area contributed by atoms with Crippen LogP contribution in [0.2, 0.25) is 0 Å².